The second kappa shape index (κ2) is 10.7. The second-order valence-electron chi connectivity index (χ2n) is 5.97. The average Bonchev–Trinajstić information content (AvgIpc) is 3.27. The van der Waals surface area contributed by atoms with Gasteiger partial charge in [0.2, 0.25) is 5.91 Å². The van der Waals surface area contributed by atoms with E-state index in [-0.39, 0.29) is 24.8 Å². The van der Waals surface area contributed by atoms with Gasteiger partial charge in [0.15, 0.2) is 0 Å². The first kappa shape index (κ1) is 21.0. The van der Waals surface area contributed by atoms with Gasteiger partial charge < -0.3 is 10.2 Å². The lowest BCUT2D eigenvalue weighted by atomic mass is 10.0. The van der Waals surface area contributed by atoms with E-state index in [9.17, 15) is 4.79 Å². The number of carbonyl (C=O) groups is 1. The summed E-state index contributed by atoms with van der Waals surface area (Å²) < 4.78 is 0. The van der Waals surface area contributed by atoms with E-state index in [4.69, 9.17) is 0 Å². The van der Waals surface area contributed by atoms with E-state index < -0.39 is 0 Å². The summed E-state index contributed by atoms with van der Waals surface area (Å²) in [5, 5.41) is 3.66. The molecule has 2 fully saturated rings. The maximum absolute atomic E-state index is 12.2. The van der Waals surface area contributed by atoms with Crippen molar-refractivity contribution in [3.8, 4) is 0 Å². The number of rotatable bonds is 7. The molecule has 0 spiro atoms. The van der Waals surface area contributed by atoms with Crippen molar-refractivity contribution < 1.29 is 4.79 Å². The van der Waals surface area contributed by atoms with E-state index in [1.165, 1.54) is 19.4 Å². The number of amides is 1. The van der Waals surface area contributed by atoms with Crippen LogP contribution >= 0.6 is 24.8 Å². The molecular formula is C15H31Cl2N3O. The van der Waals surface area contributed by atoms with E-state index in [1.54, 1.807) is 0 Å². The summed E-state index contributed by atoms with van der Waals surface area (Å²) in [6.07, 6.45) is 5.07. The fourth-order valence-electron chi connectivity index (χ4n) is 2.73. The Kier molecular flexibility index (Phi) is 10.6. The highest BCUT2D eigenvalue weighted by atomic mass is 35.5. The molecule has 0 aromatic carbocycles. The number of nitrogens with one attached hydrogen (secondary N) is 1. The van der Waals surface area contributed by atoms with Crippen molar-refractivity contribution in [1.82, 2.24) is 15.1 Å². The zero-order valence-electron chi connectivity index (χ0n) is 13.3. The molecule has 0 aromatic heterocycles. The van der Waals surface area contributed by atoms with Gasteiger partial charge in [-0.15, -0.1) is 24.8 Å². The molecule has 4 nitrogen and oxygen atoms in total. The normalized spacial score (nSPS) is 19.1. The minimum absolute atomic E-state index is 0. The van der Waals surface area contributed by atoms with Crippen LogP contribution in [0.3, 0.4) is 0 Å². The largest absolute Gasteiger partial charge is 0.341 e. The molecule has 0 unspecified atom stereocenters. The lowest BCUT2D eigenvalue weighted by molar-refractivity contribution is -0.133. The lowest BCUT2D eigenvalue weighted by Gasteiger charge is -2.33. The van der Waals surface area contributed by atoms with Crippen LogP contribution in [0.1, 0.15) is 39.5 Å². The standard InChI is InChI=1S/C15H29N3O.2ClH/c1-3-17(4-2)12-15(19)18-9-7-14(8-10-18)16-11-13-5-6-13;;/h13-14,16H,3-12H2,1-2H3;2*1H. The average molecular weight is 340 g/mol. The smallest absolute Gasteiger partial charge is 0.236 e. The molecule has 1 saturated carbocycles. The monoisotopic (exact) mass is 339 g/mol. The molecule has 0 aromatic rings. The summed E-state index contributed by atoms with van der Waals surface area (Å²) >= 11 is 0. The molecule has 2 rings (SSSR count). The number of halogens is 2. The van der Waals surface area contributed by atoms with Gasteiger partial charge in [0.25, 0.3) is 0 Å². The van der Waals surface area contributed by atoms with Crippen LogP contribution in [0, 0.1) is 5.92 Å². The predicted octanol–water partition coefficient (Wildman–Crippen LogP) is 2.16. The maximum atomic E-state index is 12.2. The minimum Gasteiger partial charge on any atom is -0.341 e. The molecule has 126 valence electrons. The summed E-state index contributed by atoms with van der Waals surface area (Å²) in [5.41, 5.74) is 0. The Morgan fingerprint density at radius 3 is 2.14 bits per heavy atom. The highest BCUT2D eigenvalue weighted by Gasteiger charge is 2.26. The molecule has 1 saturated heterocycles. The number of likely N-dealkylation sites (tertiary alicyclic amines) is 1. The Balaban J connectivity index is 0.00000200. The van der Waals surface area contributed by atoms with Crippen molar-refractivity contribution >= 4 is 30.7 Å². The predicted molar refractivity (Wildman–Crippen MR) is 92.6 cm³/mol. The summed E-state index contributed by atoms with van der Waals surface area (Å²) in [6.45, 7) is 9.80. The van der Waals surface area contributed by atoms with Gasteiger partial charge >= 0.3 is 0 Å². The van der Waals surface area contributed by atoms with Gasteiger partial charge in [-0.2, -0.15) is 0 Å². The number of carbonyl (C=O) groups excluding carboxylic acids is 1. The van der Waals surface area contributed by atoms with Gasteiger partial charge in [0.05, 0.1) is 6.54 Å². The molecule has 0 atom stereocenters. The van der Waals surface area contributed by atoms with E-state index >= 15 is 0 Å². The lowest BCUT2D eigenvalue weighted by Crippen LogP contribution is -2.48. The van der Waals surface area contributed by atoms with E-state index in [0.717, 1.165) is 44.9 Å². The summed E-state index contributed by atoms with van der Waals surface area (Å²) in [5.74, 6) is 1.26. The highest BCUT2D eigenvalue weighted by Crippen LogP contribution is 2.28. The Morgan fingerprint density at radius 1 is 1.10 bits per heavy atom. The SMILES string of the molecule is CCN(CC)CC(=O)N1CCC(NCC2CC2)CC1.Cl.Cl. The Morgan fingerprint density at radius 2 is 1.67 bits per heavy atom. The van der Waals surface area contributed by atoms with Crippen molar-refractivity contribution in [2.75, 3.05) is 39.3 Å². The second-order valence-corrected chi connectivity index (χ2v) is 5.97. The topological polar surface area (TPSA) is 35.6 Å². The molecule has 1 heterocycles. The molecule has 21 heavy (non-hydrogen) atoms. The Bertz CT molecular complexity index is 289. The van der Waals surface area contributed by atoms with Crippen LogP contribution in [0.25, 0.3) is 0 Å². The van der Waals surface area contributed by atoms with Crippen LogP contribution in [0.5, 0.6) is 0 Å². The fourth-order valence-corrected chi connectivity index (χ4v) is 2.73. The Labute approximate surface area is 141 Å². The molecule has 1 aliphatic heterocycles. The van der Waals surface area contributed by atoms with Crippen molar-refractivity contribution in [3.63, 3.8) is 0 Å². The third-order valence-corrected chi connectivity index (χ3v) is 4.49. The van der Waals surface area contributed by atoms with E-state index in [2.05, 4.69) is 24.1 Å². The first-order chi connectivity index (χ1) is 9.22. The summed E-state index contributed by atoms with van der Waals surface area (Å²) in [6, 6.07) is 0.637. The van der Waals surface area contributed by atoms with Gasteiger partial charge in [-0.05, 0) is 51.2 Å². The number of hydrogen-bond acceptors (Lipinski definition) is 3. The van der Waals surface area contributed by atoms with Crippen LogP contribution < -0.4 is 5.32 Å². The van der Waals surface area contributed by atoms with Gasteiger partial charge in [-0.25, -0.2) is 0 Å². The van der Waals surface area contributed by atoms with Gasteiger partial charge in [-0.3, -0.25) is 9.69 Å². The zero-order chi connectivity index (χ0) is 13.7. The molecule has 1 N–H and O–H groups in total. The Hall–Kier alpha value is -0.0300. The van der Waals surface area contributed by atoms with Crippen LogP contribution in [-0.4, -0.2) is 61.0 Å². The first-order valence-electron chi connectivity index (χ1n) is 7.96. The van der Waals surface area contributed by atoms with Crippen LogP contribution in [0.2, 0.25) is 0 Å². The van der Waals surface area contributed by atoms with Gasteiger partial charge in [-0.1, -0.05) is 13.8 Å². The number of hydrogen-bond donors (Lipinski definition) is 1. The van der Waals surface area contributed by atoms with Crippen LogP contribution in [0.4, 0.5) is 0 Å². The zero-order valence-corrected chi connectivity index (χ0v) is 15.0. The summed E-state index contributed by atoms with van der Waals surface area (Å²) in [4.78, 5) is 16.4. The molecular weight excluding hydrogens is 309 g/mol. The maximum Gasteiger partial charge on any atom is 0.236 e. The molecule has 0 radical (unpaired) electrons. The molecule has 1 aliphatic carbocycles. The first-order valence-corrected chi connectivity index (χ1v) is 7.96. The third kappa shape index (κ3) is 7.18. The van der Waals surface area contributed by atoms with Crippen LogP contribution in [0.15, 0.2) is 0 Å². The number of nitrogens with zero attached hydrogens (tertiary/aromatic N) is 2. The van der Waals surface area contributed by atoms with Crippen molar-refractivity contribution in [3.05, 3.63) is 0 Å². The molecule has 1 amide bonds. The van der Waals surface area contributed by atoms with Crippen LogP contribution in [-0.2, 0) is 4.79 Å². The minimum atomic E-state index is 0. The number of piperidine rings is 1. The molecule has 6 heteroatoms. The van der Waals surface area contributed by atoms with E-state index in [1.807, 2.05) is 4.90 Å². The number of likely N-dealkylation sites (N-methyl/N-ethyl adjacent to an activating group) is 1. The highest BCUT2D eigenvalue weighted by molar-refractivity contribution is 5.85. The fraction of sp³-hybridized carbons (Fsp3) is 0.933. The third-order valence-electron chi connectivity index (χ3n) is 4.49. The quantitative estimate of drug-likeness (QED) is 0.772. The van der Waals surface area contributed by atoms with Crippen molar-refractivity contribution in [1.29, 1.82) is 0 Å². The van der Waals surface area contributed by atoms with Crippen molar-refractivity contribution in [2.45, 2.75) is 45.6 Å². The summed E-state index contributed by atoms with van der Waals surface area (Å²) in [7, 11) is 0. The van der Waals surface area contributed by atoms with E-state index in [0.29, 0.717) is 18.5 Å². The van der Waals surface area contributed by atoms with Gasteiger partial charge in [0.1, 0.15) is 0 Å². The molecule has 2 aliphatic rings. The van der Waals surface area contributed by atoms with Gasteiger partial charge in [0, 0.05) is 19.1 Å². The molecule has 0 bridgehead atoms. The van der Waals surface area contributed by atoms with Crippen molar-refractivity contribution in [2.24, 2.45) is 5.92 Å².